The van der Waals surface area contributed by atoms with Crippen LogP contribution in [0.4, 0.5) is 4.79 Å². The lowest BCUT2D eigenvalue weighted by Crippen LogP contribution is -2.42. The Hall–Kier alpha value is -3.06. The van der Waals surface area contributed by atoms with Crippen molar-refractivity contribution >= 4 is 35.0 Å². The smallest absolute Gasteiger partial charge is 0.328 e. The SMILES string of the molecule is COC(=O)[C@@H](C)N1C(=O)S/C(=C/c2ccc(OCc3ccc(C)cc3)cc2)C1=O. The highest BCUT2D eigenvalue weighted by atomic mass is 32.2. The molecule has 0 radical (unpaired) electrons. The molecule has 0 unspecified atom stereocenters. The lowest BCUT2D eigenvalue weighted by molar-refractivity contribution is -0.148. The zero-order valence-corrected chi connectivity index (χ0v) is 17.2. The Morgan fingerprint density at radius 2 is 1.76 bits per heavy atom. The van der Waals surface area contributed by atoms with E-state index in [-0.39, 0.29) is 4.91 Å². The first-order valence-electron chi connectivity index (χ1n) is 9.02. The number of nitrogens with zero attached hydrogens (tertiary/aromatic N) is 1. The van der Waals surface area contributed by atoms with Gasteiger partial charge in [0.05, 0.1) is 12.0 Å². The minimum Gasteiger partial charge on any atom is -0.489 e. The molecular formula is C22H21NO5S. The van der Waals surface area contributed by atoms with E-state index >= 15 is 0 Å². The van der Waals surface area contributed by atoms with Crippen molar-refractivity contribution in [2.45, 2.75) is 26.5 Å². The molecule has 7 heteroatoms. The molecule has 6 nitrogen and oxygen atoms in total. The number of aryl methyl sites for hydroxylation is 1. The molecule has 3 rings (SSSR count). The number of esters is 1. The molecule has 0 N–H and O–H groups in total. The molecule has 2 amide bonds. The average Bonchev–Trinajstić information content (AvgIpc) is 3.00. The molecule has 2 aromatic carbocycles. The Kier molecular flexibility index (Phi) is 6.39. The fourth-order valence-electron chi connectivity index (χ4n) is 2.75. The Balaban J connectivity index is 1.66. The number of methoxy groups -OCH3 is 1. The summed E-state index contributed by atoms with van der Waals surface area (Å²) >= 11 is 0.805. The van der Waals surface area contributed by atoms with Crippen molar-refractivity contribution in [1.82, 2.24) is 4.90 Å². The molecule has 0 aliphatic carbocycles. The molecule has 0 spiro atoms. The number of hydrogen-bond donors (Lipinski definition) is 0. The first kappa shape index (κ1) is 20.7. The Morgan fingerprint density at radius 1 is 1.10 bits per heavy atom. The maximum atomic E-state index is 12.5. The molecule has 1 fully saturated rings. The van der Waals surface area contributed by atoms with Gasteiger partial charge in [0.1, 0.15) is 18.4 Å². The van der Waals surface area contributed by atoms with Gasteiger partial charge in [-0.15, -0.1) is 0 Å². The van der Waals surface area contributed by atoms with Gasteiger partial charge in [0, 0.05) is 0 Å². The van der Waals surface area contributed by atoms with E-state index in [1.54, 1.807) is 18.2 Å². The van der Waals surface area contributed by atoms with Crippen LogP contribution >= 0.6 is 11.8 Å². The van der Waals surface area contributed by atoms with Crippen LogP contribution in [0.1, 0.15) is 23.6 Å². The predicted molar refractivity (Wildman–Crippen MR) is 111 cm³/mol. The van der Waals surface area contributed by atoms with Crippen LogP contribution < -0.4 is 4.74 Å². The number of hydrogen-bond acceptors (Lipinski definition) is 6. The van der Waals surface area contributed by atoms with Gasteiger partial charge in [-0.05, 0) is 54.9 Å². The second-order valence-corrected chi connectivity index (χ2v) is 7.59. The molecule has 0 aromatic heterocycles. The molecular weight excluding hydrogens is 390 g/mol. The van der Waals surface area contributed by atoms with Gasteiger partial charge in [0.2, 0.25) is 0 Å². The number of ether oxygens (including phenoxy) is 2. The van der Waals surface area contributed by atoms with Crippen LogP contribution in [0.2, 0.25) is 0 Å². The molecule has 2 aromatic rings. The summed E-state index contributed by atoms with van der Waals surface area (Å²) in [6.45, 7) is 3.96. The van der Waals surface area contributed by atoms with E-state index in [1.165, 1.54) is 19.6 Å². The fourth-order valence-corrected chi connectivity index (χ4v) is 3.66. The van der Waals surface area contributed by atoms with Crippen molar-refractivity contribution in [2.75, 3.05) is 7.11 Å². The summed E-state index contributed by atoms with van der Waals surface area (Å²) < 4.78 is 10.4. The van der Waals surface area contributed by atoms with E-state index < -0.39 is 23.2 Å². The van der Waals surface area contributed by atoms with E-state index in [4.69, 9.17) is 4.74 Å². The minimum absolute atomic E-state index is 0.263. The highest BCUT2D eigenvalue weighted by Crippen LogP contribution is 2.34. The van der Waals surface area contributed by atoms with Crippen LogP contribution in [-0.4, -0.2) is 35.2 Å². The lowest BCUT2D eigenvalue weighted by atomic mass is 10.1. The van der Waals surface area contributed by atoms with Gasteiger partial charge in [-0.2, -0.15) is 0 Å². The van der Waals surface area contributed by atoms with Crippen LogP contribution in [0.3, 0.4) is 0 Å². The van der Waals surface area contributed by atoms with E-state index in [9.17, 15) is 14.4 Å². The van der Waals surface area contributed by atoms with E-state index in [1.807, 2.05) is 43.3 Å². The van der Waals surface area contributed by atoms with Crippen LogP contribution in [0.15, 0.2) is 53.4 Å². The maximum Gasteiger partial charge on any atom is 0.328 e. The van der Waals surface area contributed by atoms with E-state index in [2.05, 4.69) is 4.74 Å². The normalized spacial score (nSPS) is 16.2. The molecule has 1 aliphatic rings. The molecule has 29 heavy (non-hydrogen) atoms. The number of benzene rings is 2. The maximum absolute atomic E-state index is 12.5. The highest BCUT2D eigenvalue weighted by molar-refractivity contribution is 8.18. The molecule has 1 saturated heterocycles. The minimum atomic E-state index is -0.962. The second-order valence-electron chi connectivity index (χ2n) is 6.59. The number of thioether (sulfide) groups is 1. The number of rotatable bonds is 6. The summed E-state index contributed by atoms with van der Waals surface area (Å²) in [5.74, 6) is -0.434. The van der Waals surface area contributed by atoms with Crippen LogP contribution in [-0.2, 0) is 20.9 Å². The third-order valence-electron chi connectivity index (χ3n) is 4.46. The third-order valence-corrected chi connectivity index (χ3v) is 5.34. The third kappa shape index (κ3) is 4.86. The summed E-state index contributed by atoms with van der Waals surface area (Å²) in [6, 6.07) is 14.4. The molecule has 1 atom stereocenters. The lowest BCUT2D eigenvalue weighted by Gasteiger charge is -2.18. The summed E-state index contributed by atoms with van der Waals surface area (Å²) in [5.41, 5.74) is 3.03. The number of carbonyl (C=O) groups excluding carboxylic acids is 3. The van der Waals surface area contributed by atoms with E-state index in [0.717, 1.165) is 27.8 Å². The first-order valence-corrected chi connectivity index (χ1v) is 9.84. The van der Waals surface area contributed by atoms with Crippen LogP contribution in [0.25, 0.3) is 6.08 Å². The quantitative estimate of drug-likeness (QED) is 0.525. The van der Waals surface area contributed by atoms with Crippen molar-refractivity contribution in [3.8, 4) is 5.75 Å². The molecule has 1 aliphatic heterocycles. The molecule has 0 bridgehead atoms. The topological polar surface area (TPSA) is 72.9 Å². The van der Waals surface area contributed by atoms with Crippen molar-refractivity contribution < 1.29 is 23.9 Å². The molecule has 1 heterocycles. The zero-order valence-electron chi connectivity index (χ0n) is 16.4. The first-order chi connectivity index (χ1) is 13.9. The Morgan fingerprint density at radius 3 is 2.38 bits per heavy atom. The Bertz CT molecular complexity index is 950. The molecule has 0 saturated carbocycles. The van der Waals surface area contributed by atoms with Gasteiger partial charge in [0.15, 0.2) is 0 Å². The van der Waals surface area contributed by atoms with Gasteiger partial charge >= 0.3 is 5.97 Å². The van der Waals surface area contributed by atoms with Crippen molar-refractivity contribution in [3.63, 3.8) is 0 Å². The van der Waals surface area contributed by atoms with Gasteiger partial charge in [-0.25, -0.2) is 4.79 Å². The van der Waals surface area contributed by atoms with Crippen molar-refractivity contribution in [1.29, 1.82) is 0 Å². The zero-order chi connectivity index (χ0) is 21.0. The summed E-state index contributed by atoms with van der Waals surface area (Å²) in [7, 11) is 1.22. The van der Waals surface area contributed by atoms with Crippen LogP contribution in [0.5, 0.6) is 5.75 Å². The summed E-state index contributed by atoms with van der Waals surface area (Å²) in [5, 5.41) is -0.489. The fraction of sp³-hybridized carbons (Fsp3) is 0.227. The second kappa shape index (κ2) is 8.96. The number of amides is 2. The number of carbonyl (C=O) groups is 3. The predicted octanol–water partition coefficient (Wildman–Crippen LogP) is 4.17. The van der Waals surface area contributed by atoms with Crippen LogP contribution in [0, 0.1) is 6.92 Å². The van der Waals surface area contributed by atoms with E-state index in [0.29, 0.717) is 12.4 Å². The van der Waals surface area contributed by atoms with Gasteiger partial charge in [0.25, 0.3) is 11.1 Å². The summed E-state index contributed by atoms with van der Waals surface area (Å²) in [6.07, 6.45) is 1.62. The van der Waals surface area contributed by atoms with Gasteiger partial charge < -0.3 is 9.47 Å². The Labute approximate surface area is 173 Å². The largest absolute Gasteiger partial charge is 0.489 e. The summed E-state index contributed by atoms with van der Waals surface area (Å²) in [4.78, 5) is 37.5. The van der Waals surface area contributed by atoms with Crippen molar-refractivity contribution in [3.05, 3.63) is 70.1 Å². The highest BCUT2D eigenvalue weighted by Gasteiger charge is 2.41. The monoisotopic (exact) mass is 411 g/mol. The van der Waals surface area contributed by atoms with Gasteiger partial charge in [-0.1, -0.05) is 42.0 Å². The number of imide groups is 1. The standard InChI is InChI=1S/C22H21NO5S/c1-14-4-6-17(7-5-14)13-28-18-10-8-16(9-11-18)12-19-20(24)23(22(26)29-19)15(2)21(25)27-3/h4-12,15H,13H2,1-3H3/b19-12+/t15-/m1/s1. The van der Waals surface area contributed by atoms with Gasteiger partial charge in [-0.3, -0.25) is 14.5 Å². The average molecular weight is 411 g/mol. The van der Waals surface area contributed by atoms with Crippen molar-refractivity contribution in [2.24, 2.45) is 0 Å². The molecule has 150 valence electrons.